The van der Waals surface area contributed by atoms with E-state index in [-0.39, 0.29) is 18.3 Å². The molecule has 3 aromatic carbocycles. The Morgan fingerprint density at radius 2 is 1.75 bits per heavy atom. The number of hydrogen-bond acceptors (Lipinski definition) is 3. The van der Waals surface area contributed by atoms with E-state index in [2.05, 4.69) is 4.90 Å². The predicted molar refractivity (Wildman–Crippen MR) is 155 cm³/mol. The Hall–Kier alpha value is -2.51. The van der Waals surface area contributed by atoms with Gasteiger partial charge >= 0.3 is 0 Å². The molecule has 3 aromatic rings. The van der Waals surface area contributed by atoms with Crippen molar-refractivity contribution < 1.29 is 23.0 Å². The number of hydrogen-bond donors (Lipinski definition) is 1. The van der Waals surface area contributed by atoms with Crippen molar-refractivity contribution in [1.29, 1.82) is 0 Å². The van der Waals surface area contributed by atoms with E-state index in [1.54, 1.807) is 18.2 Å². The average Bonchev–Trinajstić information content (AvgIpc) is 3.30. The summed E-state index contributed by atoms with van der Waals surface area (Å²) in [6, 6.07) is 17.9. The summed E-state index contributed by atoms with van der Waals surface area (Å²) in [5, 5.41) is 10.3. The molecule has 1 fully saturated rings. The first-order chi connectivity index (χ1) is 19.3. The number of halogens is 5. The van der Waals surface area contributed by atoms with Gasteiger partial charge in [0.2, 0.25) is 0 Å². The quantitative estimate of drug-likeness (QED) is 0.273. The fourth-order valence-electron chi connectivity index (χ4n) is 5.71. The highest BCUT2D eigenvalue weighted by molar-refractivity contribution is 6.36. The van der Waals surface area contributed by atoms with Gasteiger partial charge in [0.15, 0.2) is 0 Å². The van der Waals surface area contributed by atoms with E-state index in [1.165, 1.54) is 12.1 Å². The van der Waals surface area contributed by atoms with Gasteiger partial charge in [-0.05, 0) is 95.8 Å². The maximum atomic E-state index is 14.4. The first kappa shape index (κ1) is 29.0. The maximum Gasteiger partial charge on any atom is 0.295 e. The minimum absolute atomic E-state index is 0.0540. The van der Waals surface area contributed by atoms with Crippen molar-refractivity contribution >= 4 is 34.3 Å². The van der Waals surface area contributed by atoms with Gasteiger partial charge in [0, 0.05) is 35.2 Å². The lowest BCUT2D eigenvalue weighted by atomic mass is 9.87. The minimum atomic E-state index is -3.31. The second-order valence-electron chi connectivity index (χ2n) is 10.5. The zero-order chi connectivity index (χ0) is 28.3. The van der Waals surface area contributed by atoms with E-state index in [4.69, 9.17) is 27.9 Å². The Morgan fingerprint density at radius 1 is 0.975 bits per heavy atom. The molecule has 0 aromatic heterocycles. The van der Waals surface area contributed by atoms with E-state index in [1.807, 2.05) is 30.3 Å². The van der Waals surface area contributed by atoms with Crippen molar-refractivity contribution in [3.63, 3.8) is 0 Å². The van der Waals surface area contributed by atoms with Crippen LogP contribution >= 0.6 is 23.2 Å². The van der Waals surface area contributed by atoms with Crippen LogP contribution < -0.4 is 4.74 Å². The van der Waals surface area contributed by atoms with Crippen molar-refractivity contribution in [3.8, 4) is 5.75 Å². The second-order valence-corrected chi connectivity index (χ2v) is 11.3. The van der Waals surface area contributed by atoms with Crippen LogP contribution in [-0.4, -0.2) is 49.0 Å². The normalized spacial score (nSPS) is 18.1. The standard InChI is InChI=1S/C32H32Cl2F3NO2/c33-24-8-12-28(30(34)18-24)29-4-1-3-22-17-23(32(36,37)20-39)7-11-27(22)31(29)21-5-9-25(10-6-21)40-26-13-16-38(19-26)15-2-14-35/h5-12,17-18,26,39H,1-4,13-16,19-20H2/t26-/m0/s1. The number of alkyl halides is 3. The van der Waals surface area contributed by atoms with Gasteiger partial charge in [-0.3, -0.25) is 9.29 Å². The van der Waals surface area contributed by atoms with Crippen molar-refractivity contribution in [2.24, 2.45) is 0 Å². The number of nitrogens with zero attached hydrogens (tertiary/aromatic N) is 1. The number of aliphatic hydroxyl groups excluding tert-OH is 1. The zero-order valence-electron chi connectivity index (χ0n) is 22.1. The third kappa shape index (κ3) is 6.36. The minimum Gasteiger partial charge on any atom is -0.489 e. The lowest BCUT2D eigenvalue weighted by molar-refractivity contribution is -0.0556. The van der Waals surface area contributed by atoms with Crippen LogP contribution in [-0.2, 0) is 12.3 Å². The van der Waals surface area contributed by atoms with Crippen LogP contribution in [0.5, 0.6) is 5.75 Å². The number of likely N-dealkylation sites (tertiary alicyclic amines) is 1. The lowest BCUT2D eigenvalue weighted by Gasteiger charge is -2.20. The summed E-state index contributed by atoms with van der Waals surface area (Å²) in [4.78, 5) is 2.22. The third-order valence-electron chi connectivity index (χ3n) is 7.71. The summed E-state index contributed by atoms with van der Waals surface area (Å²) in [7, 11) is 0. The zero-order valence-corrected chi connectivity index (χ0v) is 23.6. The molecule has 1 N–H and O–H groups in total. The summed E-state index contributed by atoms with van der Waals surface area (Å²) in [5.41, 5.74) is 5.22. The highest BCUT2D eigenvalue weighted by Crippen LogP contribution is 2.43. The molecule has 1 aliphatic heterocycles. The molecule has 0 amide bonds. The summed E-state index contributed by atoms with van der Waals surface area (Å²) in [5.74, 6) is -2.56. The average molecular weight is 591 g/mol. The number of rotatable bonds is 9. The van der Waals surface area contributed by atoms with Crippen LogP contribution in [0.25, 0.3) is 11.1 Å². The van der Waals surface area contributed by atoms with Gasteiger partial charge in [0.25, 0.3) is 5.92 Å². The molecule has 1 aliphatic carbocycles. The molecule has 3 nitrogen and oxygen atoms in total. The maximum absolute atomic E-state index is 14.4. The fraction of sp³-hybridized carbons (Fsp3) is 0.375. The van der Waals surface area contributed by atoms with E-state index < -0.39 is 12.5 Å². The van der Waals surface area contributed by atoms with Crippen molar-refractivity contribution in [3.05, 3.63) is 98.5 Å². The van der Waals surface area contributed by atoms with E-state index in [9.17, 15) is 18.3 Å². The third-order valence-corrected chi connectivity index (χ3v) is 8.26. The molecular formula is C32H32Cl2F3NO2. The monoisotopic (exact) mass is 589 g/mol. The predicted octanol–water partition coefficient (Wildman–Crippen LogP) is 8.19. The first-order valence-corrected chi connectivity index (χ1v) is 14.4. The Bertz CT molecular complexity index is 1380. The van der Waals surface area contributed by atoms with Gasteiger partial charge in [-0.2, -0.15) is 8.78 Å². The molecule has 0 radical (unpaired) electrons. The Balaban J connectivity index is 1.52. The highest BCUT2D eigenvalue weighted by Gasteiger charge is 2.32. The number of ether oxygens (including phenoxy) is 1. The number of benzene rings is 3. The molecule has 1 atom stereocenters. The van der Waals surface area contributed by atoms with Crippen LogP contribution in [0.15, 0.2) is 60.7 Å². The molecule has 0 spiro atoms. The van der Waals surface area contributed by atoms with Crippen LogP contribution in [0.1, 0.15) is 53.5 Å². The molecule has 5 rings (SSSR count). The number of aliphatic hydroxyl groups is 1. The van der Waals surface area contributed by atoms with Crippen molar-refractivity contribution in [2.75, 3.05) is 32.9 Å². The smallest absolute Gasteiger partial charge is 0.295 e. The van der Waals surface area contributed by atoms with Crippen molar-refractivity contribution in [1.82, 2.24) is 4.90 Å². The highest BCUT2D eigenvalue weighted by atomic mass is 35.5. The van der Waals surface area contributed by atoms with Crippen LogP contribution in [0.2, 0.25) is 10.0 Å². The fourth-order valence-corrected chi connectivity index (χ4v) is 6.23. The Kier molecular flexibility index (Phi) is 9.11. The largest absolute Gasteiger partial charge is 0.489 e. The van der Waals surface area contributed by atoms with Crippen LogP contribution in [0, 0.1) is 0 Å². The van der Waals surface area contributed by atoms with Gasteiger partial charge < -0.3 is 9.84 Å². The van der Waals surface area contributed by atoms with E-state index in [0.29, 0.717) is 29.3 Å². The van der Waals surface area contributed by atoms with Gasteiger partial charge in [0.05, 0.1) is 6.67 Å². The van der Waals surface area contributed by atoms with Gasteiger partial charge in [-0.15, -0.1) is 0 Å². The molecule has 2 aliphatic rings. The molecule has 1 saturated heterocycles. The van der Waals surface area contributed by atoms with E-state index in [0.717, 1.165) is 71.6 Å². The molecule has 0 unspecified atom stereocenters. The molecule has 40 heavy (non-hydrogen) atoms. The molecular weight excluding hydrogens is 558 g/mol. The van der Waals surface area contributed by atoms with Gasteiger partial charge in [-0.1, -0.05) is 53.5 Å². The first-order valence-electron chi connectivity index (χ1n) is 13.7. The molecule has 0 saturated carbocycles. The summed E-state index contributed by atoms with van der Waals surface area (Å²) in [6.07, 6.45) is 3.56. The Labute approximate surface area is 243 Å². The number of fused-ring (bicyclic) bond motifs is 1. The summed E-state index contributed by atoms with van der Waals surface area (Å²) < 4.78 is 47.5. The van der Waals surface area contributed by atoms with E-state index >= 15 is 0 Å². The Morgan fingerprint density at radius 3 is 2.48 bits per heavy atom. The number of allylic oxidation sites excluding steroid dienone is 1. The van der Waals surface area contributed by atoms with Gasteiger partial charge in [0.1, 0.15) is 18.5 Å². The second kappa shape index (κ2) is 12.6. The molecule has 0 bridgehead atoms. The van der Waals surface area contributed by atoms with Crippen LogP contribution in [0.3, 0.4) is 0 Å². The summed E-state index contributed by atoms with van der Waals surface area (Å²) in [6.45, 7) is 0.868. The van der Waals surface area contributed by atoms with Crippen LogP contribution in [0.4, 0.5) is 13.2 Å². The number of aryl methyl sites for hydroxylation is 1. The lowest BCUT2D eigenvalue weighted by Crippen LogP contribution is -2.26. The molecule has 8 heteroatoms. The molecule has 212 valence electrons. The van der Waals surface area contributed by atoms with Crippen molar-refractivity contribution in [2.45, 2.75) is 44.1 Å². The topological polar surface area (TPSA) is 32.7 Å². The SMILES string of the molecule is OCC(F)(F)c1ccc2c(c1)CCCC(c1ccc(Cl)cc1Cl)=C2c1ccc(O[C@H]2CCN(CCCF)C2)cc1. The van der Waals surface area contributed by atoms with Gasteiger partial charge in [-0.25, -0.2) is 0 Å². The summed E-state index contributed by atoms with van der Waals surface area (Å²) >= 11 is 12.9. The molecule has 1 heterocycles.